The van der Waals surface area contributed by atoms with Gasteiger partial charge in [0.2, 0.25) is 5.91 Å². The Morgan fingerprint density at radius 1 is 1.27 bits per heavy atom. The molecule has 1 aromatic carbocycles. The number of amides is 1. The average Bonchev–Trinajstić information content (AvgIpc) is 3.34. The van der Waals surface area contributed by atoms with Crippen molar-refractivity contribution in [1.82, 2.24) is 19.2 Å². The second-order valence-corrected chi connectivity index (χ2v) is 7.38. The monoisotopic (exact) mass is 356 g/mol. The molecule has 1 amide bonds. The fourth-order valence-electron chi connectivity index (χ4n) is 3.60. The van der Waals surface area contributed by atoms with Crippen LogP contribution < -0.4 is 5.69 Å². The molecule has 26 heavy (non-hydrogen) atoms. The SMILES string of the molecule is COCCn1nc2n(c1=O)CCN(C(=O)C1(C)CC1)C2c1ccccc1. The van der Waals surface area contributed by atoms with Gasteiger partial charge in [0.25, 0.3) is 0 Å². The molecule has 138 valence electrons. The first kappa shape index (κ1) is 17.0. The minimum absolute atomic E-state index is 0.136. The summed E-state index contributed by atoms with van der Waals surface area (Å²) in [5.41, 5.74) is 0.589. The van der Waals surface area contributed by atoms with Crippen molar-refractivity contribution in [1.29, 1.82) is 0 Å². The number of carbonyl (C=O) groups is 1. The molecule has 1 aromatic heterocycles. The van der Waals surface area contributed by atoms with E-state index in [0.717, 1.165) is 18.4 Å². The van der Waals surface area contributed by atoms with Crippen molar-refractivity contribution in [3.8, 4) is 0 Å². The van der Waals surface area contributed by atoms with Crippen LogP contribution >= 0.6 is 0 Å². The molecular weight excluding hydrogens is 332 g/mol. The fraction of sp³-hybridized carbons (Fsp3) is 0.526. The molecule has 0 saturated heterocycles. The number of hydrogen-bond acceptors (Lipinski definition) is 4. The summed E-state index contributed by atoms with van der Waals surface area (Å²) in [6, 6.07) is 9.52. The molecule has 1 atom stereocenters. The minimum Gasteiger partial charge on any atom is -0.383 e. The number of fused-ring (bicyclic) bond motifs is 1. The summed E-state index contributed by atoms with van der Waals surface area (Å²) in [6.07, 6.45) is 1.86. The first-order valence-corrected chi connectivity index (χ1v) is 9.08. The molecule has 7 nitrogen and oxygen atoms in total. The second-order valence-electron chi connectivity index (χ2n) is 7.38. The van der Waals surface area contributed by atoms with E-state index in [2.05, 4.69) is 5.10 Å². The molecule has 1 aliphatic heterocycles. The average molecular weight is 356 g/mol. The van der Waals surface area contributed by atoms with Crippen molar-refractivity contribution in [3.63, 3.8) is 0 Å². The lowest BCUT2D eigenvalue weighted by Crippen LogP contribution is -2.47. The standard InChI is InChI=1S/C19H24N4O3/c1-19(8-9-19)17(24)21-10-11-22-16(15(21)14-6-4-3-5-7-14)20-23(18(22)25)12-13-26-2/h3-7,15H,8-13H2,1-2H3. The number of hydrogen-bond donors (Lipinski definition) is 0. The number of benzene rings is 1. The molecule has 1 saturated carbocycles. The van der Waals surface area contributed by atoms with Crippen LogP contribution in [-0.2, 0) is 22.6 Å². The van der Waals surface area contributed by atoms with Crippen LogP contribution in [0, 0.1) is 5.41 Å². The van der Waals surface area contributed by atoms with E-state index in [1.54, 1.807) is 11.7 Å². The third-order valence-corrected chi connectivity index (χ3v) is 5.47. The minimum atomic E-state index is -0.327. The number of carbonyl (C=O) groups excluding carboxylic acids is 1. The highest BCUT2D eigenvalue weighted by atomic mass is 16.5. The van der Waals surface area contributed by atoms with E-state index in [1.165, 1.54) is 4.68 Å². The van der Waals surface area contributed by atoms with Gasteiger partial charge in [0.1, 0.15) is 6.04 Å². The predicted octanol–water partition coefficient (Wildman–Crippen LogP) is 1.42. The molecule has 7 heteroatoms. The highest BCUT2D eigenvalue weighted by Gasteiger charge is 2.50. The van der Waals surface area contributed by atoms with Crippen LogP contribution in [0.5, 0.6) is 0 Å². The van der Waals surface area contributed by atoms with Gasteiger partial charge in [-0.3, -0.25) is 9.36 Å². The number of ether oxygens (including phenoxy) is 1. The summed E-state index contributed by atoms with van der Waals surface area (Å²) in [5, 5.41) is 4.57. The first-order chi connectivity index (χ1) is 12.5. The van der Waals surface area contributed by atoms with Gasteiger partial charge in [0.15, 0.2) is 5.82 Å². The van der Waals surface area contributed by atoms with E-state index in [0.29, 0.717) is 32.1 Å². The quantitative estimate of drug-likeness (QED) is 0.813. The Bertz CT molecular complexity index is 867. The predicted molar refractivity (Wildman–Crippen MR) is 95.7 cm³/mol. The van der Waals surface area contributed by atoms with Crippen LogP contribution in [0.1, 0.15) is 37.2 Å². The molecule has 1 aliphatic carbocycles. The highest BCUT2D eigenvalue weighted by Crippen LogP contribution is 2.48. The molecule has 4 rings (SSSR count). The maximum absolute atomic E-state index is 13.1. The van der Waals surface area contributed by atoms with Crippen molar-refractivity contribution >= 4 is 5.91 Å². The number of rotatable bonds is 5. The lowest BCUT2D eigenvalue weighted by molar-refractivity contribution is -0.139. The van der Waals surface area contributed by atoms with Gasteiger partial charge in [-0.15, -0.1) is 0 Å². The zero-order chi connectivity index (χ0) is 18.3. The van der Waals surface area contributed by atoms with Gasteiger partial charge < -0.3 is 9.64 Å². The Labute approximate surface area is 152 Å². The van der Waals surface area contributed by atoms with Crippen LogP contribution in [0.15, 0.2) is 35.1 Å². The fourth-order valence-corrected chi connectivity index (χ4v) is 3.60. The first-order valence-electron chi connectivity index (χ1n) is 9.08. The smallest absolute Gasteiger partial charge is 0.346 e. The van der Waals surface area contributed by atoms with E-state index in [9.17, 15) is 9.59 Å². The Morgan fingerprint density at radius 3 is 2.65 bits per heavy atom. The summed E-state index contributed by atoms with van der Waals surface area (Å²) in [5.74, 6) is 0.803. The van der Waals surface area contributed by atoms with Gasteiger partial charge in [0, 0.05) is 25.6 Å². The van der Waals surface area contributed by atoms with Gasteiger partial charge in [0.05, 0.1) is 13.2 Å². The van der Waals surface area contributed by atoms with E-state index < -0.39 is 0 Å². The molecule has 0 N–H and O–H groups in total. The summed E-state index contributed by atoms with van der Waals surface area (Å²) >= 11 is 0. The van der Waals surface area contributed by atoms with Crippen molar-refractivity contribution < 1.29 is 9.53 Å². The van der Waals surface area contributed by atoms with Gasteiger partial charge in [-0.2, -0.15) is 5.10 Å². The lowest BCUT2D eigenvalue weighted by Gasteiger charge is -2.37. The Kier molecular flexibility index (Phi) is 4.19. The van der Waals surface area contributed by atoms with E-state index in [-0.39, 0.29) is 23.1 Å². The Morgan fingerprint density at radius 2 is 2.00 bits per heavy atom. The maximum atomic E-state index is 13.1. The molecule has 0 spiro atoms. The molecule has 2 heterocycles. The largest absolute Gasteiger partial charge is 0.383 e. The zero-order valence-electron chi connectivity index (χ0n) is 15.2. The van der Waals surface area contributed by atoms with Crippen LogP contribution in [0.3, 0.4) is 0 Å². The van der Waals surface area contributed by atoms with Crippen molar-refractivity contribution in [3.05, 3.63) is 52.2 Å². The summed E-state index contributed by atoms with van der Waals surface area (Å²) in [6.45, 7) is 3.86. The normalized spacial score (nSPS) is 20.7. The van der Waals surface area contributed by atoms with Crippen LogP contribution in [0.25, 0.3) is 0 Å². The van der Waals surface area contributed by atoms with E-state index in [1.807, 2.05) is 42.2 Å². The topological polar surface area (TPSA) is 69.4 Å². The second kappa shape index (κ2) is 6.39. The number of nitrogens with zero attached hydrogens (tertiary/aromatic N) is 4. The Hall–Kier alpha value is -2.41. The molecule has 0 radical (unpaired) electrons. The van der Waals surface area contributed by atoms with Gasteiger partial charge >= 0.3 is 5.69 Å². The maximum Gasteiger partial charge on any atom is 0.346 e. The molecule has 2 aromatic rings. The molecule has 1 fully saturated rings. The summed E-state index contributed by atoms with van der Waals surface area (Å²) in [7, 11) is 1.60. The van der Waals surface area contributed by atoms with Gasteiger partial charge in [-0.25, -0.2) is 9.48 Å². The van der Waals surface area contributed by atoms with Crippen LogP contribution in [0.4, 0.5) is 0 Å². The Balaban J connectivity index is 1.78. The summed E-state index contributed by atoms with van der Waals surface area (Å²) < 4.78 is 8.23. The number of methoxy groups -OCH3 is 1. The van der Waals surface area contributed by atoms with Crippen molar-refractivity contribution in [2.45, 2.75) is 38.9 Å². The molecule has 2 aliphatic rings. The van der Waals surface area contributed by atoms with E-state index >= 15 is 0 Å². The zero-order valence-corrected chi connectivity index (χ0v) is 15.2. The molecular formula is C19H24N4O3. The van der Waals surface area contributed by atoms with Crippen molar-refractivity contribution in [2.75, 3.05) is 20.3 Å². The third kappa shape index (κ3) is 2.76. The molecule has 0 bridgehead atoms. The number of aromatic nitrogens is 3. The van der Waals surface area contributed by atoms with Crippen LogP contribution in [-0.4, -0.2) is 45.4 Å². The highest BCUT2D eigenvalue weighted by molar-refractivity contribution is 5.85. The summed E-state index contributed by atoms with van der Waals surface area (Å²) in [4.78, 5) is 27.7. The van der Waals surface area contributed by atoms with Gasteiger partial charge in [-0.05, 0) is 18.4 Å². The third-order valence-electron chi connectivity index (χ3n) is 5.47. The molecule has 1 unspecified atom stereocenters. The van der Waals surface area contributed by atoms with E-state index in [4.69, 9.17) is 4.74 Å². The van der Waals surface area contributed by atoms with Crippen LogP contribution in [0.2, 0.25) is 0 Å². The van der Waals surface area contributed by atoms with Gasteiger partial charge in [-0.1, -0.05) is 37.3 Å². The van der Waals surface area contributed by atoms with Crippen molar-refractivity contribution in [2.24, 2.45) is 5.41 Å². The lowest BCUT2D eigenvalue weighted by atomic mass is 9.99.